The molecule has 1 amide bonds. The van der Waals surface area contributed by atoms with Crippen LogP contribution in [0.25, 0.3) is 0 Å². The van der Waals surface area contributed by atoms with E-state index in [-0.39, 0.29) is 18.3 Å². The monoisotopic (exact) mass is 393 g/mol. The van der Waals surface area contributed by atoms with Crippen molar-refractivity contribution in [2.24, 2.45) is 0 Å². The van der Waals surface area contributed by atoms with Gasteiger partial charge < -0.3 is 18.5 Å². The van der Waals surface area contributed by atoms with Crippen LogP contribution in [0.1, 0.15) is 11.7 Å². The van der Waals surface area contributed by atoms with Gasteiger partial charge in [0, 0.05) is 7.05 Å². The Labute approximate surface area is 159 Å². The zero-order chi connectivity index (χ0) is 18.4. The molecule has 3 aromatic rings. The van der Waals surface area contributed by atoms with Crippen molar-refractivity contribution in [3.05, 3.63) is 59.3 Å². The average molecular weight is 394 g/mol. The number of carbonyl (C=O) groups is 1. The minimum absolute atomic E-state index is 0.0709. The molecule has 0 spiro atoms. The number of para-hydroxylation sites is 1. The SMILES string of the molecule is CN(Cc1ccco1)C(=O)CSc1nnc(COc2ccccc2Cl)o1. The van der Waals surface area contributed by atoms with Crippen LogP contribution in [-0.2, 0) is 17.9 Å². The summed E-state index contributed by atoms with van der Waals surface area (Å²) in [5.74, 6) is 1.69. The van der Waals surface area contributed by atoms with Crippen LogP contribution < -0.4 is 4.74 Å². The number of nitrogens with zero attached hydrogens (tertiary/aromatic N) is 3. The van der Waals surface area contributed by atoms with E-state index in [2.05, 4.69) is 10.2 Å². The number of amides is 1. The summed E-state index contributed by atoms with van der Waals surface area (Å²) in [6.45, 7) is 0.511. The molecule has 0 unspecified atom stereocenters. The highest BCUT2D eigenvalue weighted by atomic mass is 35.5. The number of hydrogen-bond donors (Lipinski definition) is 0. The predicted octanol–water partition coefficient (Wildman–Crippen LogP) is 3.65. The van der Waals surface area contributed by atoms with E-state index in [0.717, 1.165) is 5.76 Å². The number of ether oxygens (including phenoxy) is 1. The highest BCUT2D eigenvalue weighted by Gasteiger charge is 2.14. The molecule has 0 saturated heterocycles. The van der Waals surface area contributed by atoms with E-state index >= 15 is 0 Å². The van der Waals surface area contributed by atoms with Gasteiger partial charge in [-0.25, -0.2) is 0 Å². The molecule has 0 aliphatic rings. The van der Waals surface area contributed by atoms with Gasteiger partial charge in [0.15, 0.2) is 6.61 Å². The lowest BCUT2D eigenvalue weighted by Gasteiger charge is -2.14. The van der Waals surface area contributed by atoms with Crippen molar-refractivity contribution in [3.63, 3.8) is 0 Å². The highest BCUT2D eigenvalue weighted by Crippen LogP contribution is 2.24. The second-order valence-corrected chi connectivity index (χ2v) is 6.63. The lowest BCUT2D eigenvalue weighted by atomic mass is 10.3. The molecule has 1 aromatic carbocycles. The third-order valence-electron chi connectivity index (χ3n) is 3.35. The topological polar surface area (TPSA) is 81.6 Å². The fourth-order valence-corrected chi connectivity index (χ4v) is 2.93. The third kappa shape index (κ3) is 5.03. The lowest BCUT2D eigenvalue weighted by Crippen LogP contribution is -2.27. The molecule has 2 aromatic heterocycles. The number of benzene rings is 1. The van der Waals surface area contributed by atoms with Gasteiger partial charge in [0.05, 0.1) is 23.6 Å². The van der Waals surface area contributed by atoms with E-state index in [9.17, 15) is 4.79 Å². The number of thioether (sulfide) groups is 1. The second-order valence-electron chi connectivity index (χ2n) is 5.30. The number of aromatic nitrogens is 2. The molecule has 0 aliphatic heterocycles. The Kier molecular flexibility index (Phi) is 6.19. The number of carbonyl (C=O) groups excluding carboxylic acids is 1. The summed E-state index contributed by atoms with van der Waals surface area (Å²) in [7, 11) is 1.71. The summed E-state index contributed by atoms with van der Waals surface area (Å²) >= 11 is 7.19. The molecule has 26 heavy (non-hydrogen) atoms. The molecule has 0 atom stereocenters. The van der Waals surface area contributed by atoms with Crippen molar-refractivity contribution in [1.82, 2.24) is 15.1 Å². The third-order valence-corrected chi connectivity index (χ3v) is 4.47. The van der Waals surface area contributed by atoms with Crippen molar-refractivity contribution < 1.29 is 18.4 Å². The molecular weight excluding hydrogens is 378 g/mol. The Hall–Kier alpha value is -2.45. The van der Waals surface area contributed by atoms with E-state index in [1.165, 1.54) is 11.8 Å². The standard InChI is InChI=1S/C17H16ClN3O4S/c1-21(9-12-5-4-8-23-12)16(22)11-26-17-20-19-15(25-17)10-24-14-7-3-2-6-13(14)18/h2-8H,9-11H2,1H3. The first kappa shape index (κ1) is 18.3. The molecule has 3 rings (SSSR count). The quantitative estimate of drug-likeness (QED) is 0.540. The molecule has 0 bridgehead atoms. The van der Waals surface area contributed by atoms with Gasteiger partial charge in [0.2, 0.25) is 5.91 Å². The van der Waals surface area contributed by atoms with Crippen LogP contribution in [0.3, 0.4) is 0 Å². The van der Waals surface area contributed by atoms with Crippen LogP contribution in [0.4, 0.5) is 0 Å². The largest absolute Gasteiger partial charge is 0.482 e. The summed E-state index contributed by atoms with van der Waals surface area (Å²) in [6.07, 6.45) is 1.58. The van der Waals surface area contributed by atoms with Gasteiger partial charge in [-0.3, -0.25) is 4.79 Å². The molecular formula is C17H16ClN3O4S. The Morgan fingerprint density at radius 2 is 2.12 bits per heavy atom. The number of rotatable bonds is 8. The van der Waals surface area contributed by atoms with E-state index < -0.39 is 0 Å². The van der Waals surface area contributed by atoms with Gasteiger partial charge in [0.1, 0.15) is 11.5 Å². The molecule has 2 heterocycles. The summed E-state index contributed by atoms with van der Waals surface area (Å²) in [4.78, 5) is 13.7. The van der Waals surface area contributed by atoms with Gasteiger partial charge in [0.25, 0.3) is 11.1 Å². The minimum atomic E-state index is -0.0709. The minimum Gasteiger partial charge on any atom is -0.482 e. The zero-order valence-corrected chi connectivity index (χ0v) is 15.5. The van der Waals surface area contributed by atoms with Crippen molar-refractivity contribution >= 4 is 29.3 Å². The van der Waals surface area contributed by atoms with Gasteiger partial charge in [-0.1, -0.05) is 35.5 Å². The van der Waals surface area contributed by atoms with E-state index in [0.29, 0.717) is 28.4 Å². The van der Waals surface area contributed by atoms with Crippen LogP contribution in [0.5, 0.6) is 5.75 Å². The molecule has 0 N–H and O–H groups in total. The van der Waals surface area contributed by atoms with E-state index in [1.54, 1.807) is 36.4 Å². The Morgan fingerprint density at radius 3 is 2.88 bits per heavy atom. The van der Waals surface area contributed by atoms with Crippen LogP contribution in [0, 0.1) is 0 Å². The van der Waals surface area contributed by atoms with E-state index in [1.807, 2.05) is 18.2 Å². The Bertz CT molecular complexity index is 853. The lowest BCUT2D eigenvalue weighted by molar-refractivity contribution is -0.127. The molecule has 7 nitrogen and oxygen atoms in total. The Balaban J connectivity index is 1.46. The summed E-state index contributed by atoms with van der Waals surface area (Å²) in [6, 6.07) is 10.7. The summed E-state index contributed by atoms with van der Waals surface area (Å²) < 4.78 is 16.2. The van der Waals surface area contributed by atoms with Crippen LogP contribution in [0.15, 0.2) is 56.7 Å². The molecule has 9 heteroatoms. The fraction of sp³-hybridized carbons (Fsp3) is 0.235. The highest BCUT2D eigenvalue weighted by molar-refractivity contribution is 7.99. The summed E-state index contributed by atoms with van der Waals surface area (Å²) in [5, 5.41) is 8.62. The first-order valence-corrected chi connectivity index (χ1v) is 9.07. The summed E-state index contributed by atoms with van der Waals surface area (Å²) in [5.41, 5.74) is 0. The predicted molar refractivity (Wildman–Crippen MR) is 96.0 cm³/mol. The van der Waals surface area contributed by atoms with Crippen molar-refractivity contribution in [3.8, 4) is 5.75 Å². The number of hydrogen-bond acceptors (Lipinski definition) is 7. The molecule has 0 fully saturated rings. The second kappa shape index (κ2) is 8.77. The van der Waals surface area contributed by atoms with Crippen LogP contribution in [-0.4, -0.2) is 33.8 Å². The smallest absolute Gasteiger partial charge is 0.277 e. The van der Waals surface area contributed by atoms with Crippen molar-refractivity contribution in [2.75, 3.05) is 12.8 Å². The normalized spacial score (nSPS) is 10.7. The van der Waals surface area contributed by atoms with Gasteiger partial charge in [-0.2, -0.15) is 0 Å². The zero-order valence-electron chi connectivity index (χ0n) is 13.9. The van der Waals surface area contributed by atoms with Crippen LogP contribution in [0.2, 0.25) is 5.02 Å². The maximum absolute atomic E-state index is 12.1. The Morgan fingerprint density at radius 1 is 1.27 bits per heavy atom. The molecule has 0 aliphatic carbocycles. The number of furan rings is 1. The van der Waals surface area contributed by atoms with Crippen molar-refractivity contribution in [2.45, 2.75) is 18.4 Å². The first-order valence-electron chi connectivity index (χ1n) is 7.70. The van der Waals surface area contributed by atoms with E-state index in [4.69, 9.17) is 25.2 Å². The van der Waals surface area contributed by atoms with Crippen molar-refractivity contribution in [1.29, 1.82) is 0 Å². The van der Waals surface area contributed by atoms with Crippen LogP contribution >= 0.6 is 23.4 Å². The maximum atomic E-state index is 12.1. The van der Waals surface area contributed by atoms with Gasteiger partial charge in [-0.05, 0) is 24.3 Å². The number of halogens is 1. The van der Waals surface area contributed by atoms with Gasteiger partial charge >= 0.3 is 0 Å². The first-order chi connectivity index (χ1) is 12.6. The maximum Gasteiger partial charge on any atom is 0.277 e. The fourth-order valence-electron chi connectivity index (χ4n) is 2.01. The molecule has 136 valence electrons. The molecule has 0 saturated carbocycles. The van der Waals surface area contributed by atoms with Gasteiger partial charge in [-0.15, -0.1) is 10.2 Å². The average Bonchev–Trinajstić information content (AvgIpc) is 3.31. The molecule has 0 radical (unpaired) electrons.